The first-order valence-corrected chi connectivity index (χ1v) is 5.63. The number of rotatable bonds is 5. The number of nitrogens with one attached hydrogen (secondary N) is 1. The molecule has 1 nitrogen and oxygen atoms in total. The van der Waals surface area contributed by atoms with Crippen molar-refractivity contribution in [3.8, 4) is 0 Å². The molecule has 0 fully saturated rings. The van der Waals surface area contributed by atoms with Gasteiger partial charge in [0.05, 0.1) is 6.54 Å². The zero-order chi connectivity index (χ0) is 12.2. The van der Waals surface area contributed by atoms with Gasteiger partial charge in [0.2, 0.25) is 0 Å². The van der Waals surface area contributed by atoms with Gasteiger partial charge in [0.15, 0.2) is 0 Å². The Morgan fingerprint density at radius 2 is 1.88 bits per heavy atom. The fourth-order valence-corrected chi connectivity index (χ4v) is 1.49. The van der Waals surface area contributed by atoms with Crippen molar-refractivity contribution in [3.63, 3.8) is 0 Å². The molecule has 1 aromatic carbocycles. The molecule has 0 aliphatic rings. The lowest BCUT2D eigenvalue weighted by Gasteiger charge is -2.18. The lowest BCUT2D eigenvalue weighted by molar-refractivity contribution is -0.00297. The number of aryl methyl sites for hydroxylation is 2. The van der Waals surface area contributed by atoms with Gasteiger partial charge in [0, 0.05) is 5.56 Å². The van der Waals surface area contributed by atoms with Crippen molar-refractivity contribution in [2.24, 2.45) is 0 Å². The molecule has 3 heteroatoms. The van der Waals surface area contributed by atoms with Crippen LogP contribution in [-0.4, -0.2) is 13.1 Å². The van der Waals surface area contributed by atoms with E-state index in [1.807, 2.05) is 20.8 Å². The highest BCUT2D eigenvalue weighted by Gasteiger charge is 2.30. The molecule has 0 spiro atoms. The van der Waals surface area contributed by atoms with Crippen LogP contribution < -0.4 is 5.32 Å². The second kappa shape index (κ2) is 5.39. The van der Waals surface area contributed by atoms with Crippen LogP contribution in [-0.2, 0) is 5.92 Å². The number of benzene rings is 1. The van der Waals surface area contributed by atoms with E-state index in [1.165, 1.54) is 6.07 Å². The molecule has 0 saturated carbocycles. The van der Waals surface area contributed by atoms with E-state index in [0.717, 1.165) is 17.5 Å². The largest absolute Gasteiger partial charge is 0.311 e. The summed E-state index contributed by atoms with van der Waals surface area (Å²) >= 11 is 0. The predicted octanol–water partition coefficient (Wildman–Crippen LogP) is 3.39. The number of halogens is 2. The van der Waals surface area contributed by atoms with Crippen LogP contribution in [0.3, 0.4) is 0 Å². The van der Waals surface area contributed by atoms with E-state index in [2.05, 4.69) is 5.32 Å². The van der Waals surface area contributed by atoms with E-state index in [1.54, 1.807) is 12.1 Å². The third-order valence-electron chi connectivity index (χ3n) is 2.70. The Labute approximate surface area is 95.9 Å². The van der Waals surface area contributed by atoms with Gasteiger partial charge in [-0.1, -0.05) is 19.1 Å². The molecule has 0 radical (unpaired) electrons. The van der Waals surface area contributed by atoms with E-state index in [0.29, 0.717) is 6.54 Å². The normalized spacial score (nSPS) is 11.8. The third-order valence-corrected chi connectivity index (χ3v) is 2.70. The SMILES string of the molecule is CCCNCC(F)(F)c1ccc(C)c(C)c1. The number of hydrogen-bond donors (Lipinski definition) is 1. The molecule has 90 valence electrons. The van der Waals surface area contributed by atoms with Crippen LogP contribution in [0.1, 0.15) is 30.0 Å². The van der Waals surface area contributed by atoms with Crippen LogP contribution in [0, 0.1) is 13.8 Å². The Morgan fingerprint density at radius 3 is 2.44 bits per heavy atom. The van der Waals surface area contributed by atoms with Crippen LogP contribution in [0.4, 0.5) is 8.78 Å². The molecule has 0 unspecified atom stereocenters. The smallest absolute Gasteiger partial charge is 0.285 e. The summed E-state index contributed by atoms with van der Waals surface area (Å²) < 4.78 is 27.5. The van der Waals surface area contributed by atoms with Crippen LogP contribution in [0.2, 0.25) is 0 Å². The van der Waals surface area contributed by atoms with Crippen LogP contribution >= 0.6 is 0 Å². The second-order valence-electron chi connectivity index (χ2n) is 4.18. The first-order chi connectivity index (χ1) is 7.47. The Morgan fingerprint density at radius 1 is 1.19 bits per heavy atom. The van der Waals surface area contributed by atoms with E-state index >= 15 is 0 Å². The maximum Gasteiger partial charge on any atom is 0.285 e. The predicted molar refractivity (Wildman–Crippen MR) is 63.0 cm³/mol. The molecule has 0 aromatic heterocycles. The van der Waals surface area contributed by atoms with Crippen molar-refractivity contribution in [1.29, 1.82) is 0 Å². The molecule has 1 N–H and O–H groups in total. The molecule has 0 atom stereocenters. The van der Waals surface area contributed by atoms with Gasteiger partial charge in [-0.15, -0.1) is 0 Å². The molecule has 0 aliphatic carbocycles. The Bertz CT molecular complexity index is 348. The molecular formula is C13H19F2N. The van der Waals surface area contributed by atoms with E-state index in [-0.39, 0.29) is 12.1 Å². The average molecular weight is 227 g/mol. The highest BCUT2D eigenvalue weighted by molar-refractivity contribution is 5.32. The minimum atomic E-state index is -2.78. The molecule has 1 aromatic rings. The highest BCUT2D eigenvalue weighted by atomic mass is 19.3. The molecule has 0 bridgehead atoms. The lowest BCUT2D eigenvalue weighted by atomic mass is 10.0. The van der Waals surface area contributed by atoms with Gasteiger partial charge in [0.25, 0.3) is 5.92 Å². The fraction of sp³-hybridized carbons (Fsp3) is 0.538. The monoisotopic (exact) mass is 227 g/mol. The quantitative estimate of drug-likeness (QED) is 0.760. The van der Waals surface area contributed by atoms with Crippen molar-refractivity contribution >= 4 is 0 Å². The molecule has 0 aliphatic heterocycles. The number of alkyl halides is 2. The zero-order valence-electron chi connectivity index (χ0n) is 10.1. The standard InChI is InChI=1S/C13H19F2N/c1-4-7-16-9-13(14,15)12-6-5-10(2)11(3)8-12/h5-6,8,16H,4,7,9H2,1-3H3. The summed E-state index contributed by atoms with van der Waals surface area (Å²) in [6, 6.07) is 4.83. The molecule has 0 saturated heterocycles. The third kappa shape index (κ3) is 3.27. The Hall–Kier alpha value is -0.960. The van der Waals surface area contributed by atoms with Crippen molar-refractivity contribution in [1.82, 2.24) is 5.32 Å². The zero-order valence-corrected chi connectivity index (χ0v) is 10.1. The summed E-state index contributed by atoms with van der Waals surface area (Å²) in [5.74, 6) is -2.78. The van der Waals surface area contributed by atoms with Crippen molar-refractivity contribution in [3.05, 3.63) is 34.9 Å². The average Bonchev–Trinajstić information content (AvgIpc) is 2.22. The van der Waals surface area contributed by atoms with Crippen molar-refractivity contribution < 1.29 is 8.78 Å². The van der Waals surface area contributed by atoms with E-state index in [9.17, 15) is 8.78 Å². The summed E-state index contributed by atoms with van der Waals surface area (Å²) in [6.45, 7) is 6.08. The van der Waals surface area contributed by atoms with Crippen LogP contribution in [0.15, 0.2) is 18.2 Å². The van der Waals surface area contributed by atoms with Crippen LogP contribution in [0.5, 0.6) is 0 Å². The summed E-state index contributed by atoms with van der Waals surface area (Å²) in [6.07, 6.45) is 0.864. The van der Waals surface area contributed by atoms with Gasteiger partial charge in [0.1, 0.15) is 0 Å². The summed E-state index contributed by atoms with van der Waals surface area (Å²) in [4.78, 5) is 0. The second-order valence-corrected chi connectivity index (χ2v) is 4.18. The maximum atomic E-state index is 13.7. The van der Waals surface area contributed by atoms with E-state index < -0.39 is 5.92 Å². The minimum Gasteiger partial charge on any atom is -0.311 e. The van der Waals surface area contributed by atoms with Gasteiger partial charge >= 0.3 is 0 Å². The topological polar surface area (TPSA) is 12.0 Å². The summed E-state index contributed by atoms with van der Waals surface area (Å²) in [5.41, 5.74) is 2.05. The fourth-order valence-electron chi connectivity index (χ4n) is 1.49. The van der Waals surface area contributed by atoms with Gasteiger partial charge in [-0.25, -0.2) is 0 Å². The maximum absolute atomic E-state index is 13.7. The van der Waals surface area contributed by atoms with Crippen LogP contribution in [0.25, 0.3) is 0 Å². The number of hydrogen-bond acceptors (Lipinski definition) is 1. The molecular weight excluding hydrogens is 208 g/mol. The van der Waals surface area contributed by atoms with Gasteiger partial charge in [-0.2, -0.15) is 8.78 Å². The van der Waals surface area contributed by atoms with Gasteiger partial charge < -0.3 is 5.32 Å². The van der Waals surface area contributed by atoms with E-state index in [4.69, 9.17) is 0 Å². The Kier molecular flexibility index (Phi) is 4.42. The minimum absolute atomic E-state index is 0.0965. The first-order valence-electron chi connectivity index (χ1n) is 5.63. The summed E-state index contributed by atoms with van der Waals surface area (Å²) in [5, 5.41) is 2.76. The highest BCUT2D eigenvalue weighted by Crippen LogP contribution is 2.28. The van der Waals surface area contributed by atoms with Crippen molar-refractivity contribution in [2.45, 2.75) is 33.1 Å². The van der Waals surface area contributed by atoms with Gasteiger partial charge in [-0.05, 0) is 44.0 Å². The molecule has 0 amide bonds. The molecule has 0 heterocycles. The summed E-state index contributed by atoms with van der Waals surface area (Å²) in [7, 11) is 0. The van der Waals surface area contributed by atoms with Crippen molar-refractivity contribution in [2.75, 3.05) is 13.1 Å². The molecule has 1 rings (SSSR count). The first kappa shape index (κ1) is 13.1. The Balaban J connectivity index is 2.76. The van der Waals surface area contributed by atoms with Gasteiger partial charge in [-0.3, -0.25) is 0 Å². The lowest BCUT2D eigenvalue weighted by Crippen LogP contribution is -2.31. The molecule has 16 heavy (non-hydrogen) atoms.